The highest BCUT2D eigenvalue weighted by molar-refractivity contribution is 5.84. The van der Waals surface area contributed by atoms with E-state index < -0.39 is 95.1 Å². The summed E-state index contributed by atoms with van der Waals surface area (Å²) in [6.45, 7) is 25.8. The third-order valence-electron chi connectivity index (χ3n) is 15.4. The lowest BCUT2D eigenvalue weighted by Crippen LogP contribution is -2.65. The number of rotatable bonds is 14. The fraction of sp³-hybridized carbons (Fsp3) is 0.896. The molecular weight excluding hydrogens is 783 g/mol. The standard InChI is InChI=1S/C48H81NO12/c1-14-33(42(52)53)35-18-17-27(4)40(58-35)31(8)38(50)30(7)39(51)34(15-2)41-28(5)25-29(6)47(59-41)22-19-36(49-43(54)56-26-44(10,11)12)48(61-47)24-23-45(13,60-48)37-20-21-46(55,16-3)32(9)57-37/h19,22,27-38,40-41,50,55H,14-18,20-21,23-26H2,1-13H3,(H,49,54)(H,52,53)/t27-,28-,29+,30-,31-,32-,33+,34-,35+,36+,37+,38+,40+,41-,45-,46+,47-,48-/m0/s1. The second kappa shape index (κ2) is 19.1. The largest absolute Gasteiger partial charge is 0.481 e. The van der Waals surface area contributed by atoms with Crippen LogP contribution >= 0.6 is 0 Å². The average molecular weight is 864 g/mol. The van der Waals surface area contributed by atoms with Gasteiger partial charge in [-0.05, 0) is 95.0 Å². The first-order valence-corrected chi connectivity index (χ1v) is 23.6. The number of aliphatic carboxylic acids is 1. The van der Waals surface area contributed by atoms with Crippen LogP contribution in [0.3, 0.4) is 0 Å². The third-order valence-corrected chi connectivity index (χ3v) is 15.4. The molecule has 5 heterocycles. The van der Waals surface area contributed by atoms with Crippen LogP contribution in [-0.4, -0.2) is 105 Å². The molecule has 61 heavy (non-hydrogen) atoms. The summed E-state index contributed by atoms with van der Waals surface area (Å²) in [5.74, 6) is -6.09. The van der Waals surface area contributed by atoms with Crippen molar-refractivity contribution in [1.82, 2.24) is 5.32 Å². The van der Waals surface area contributed by atoms with Crippen molar-refractivity contribution in [1.29, 1.82) is 0 Å². The maximum atomic E-state index is 14.7. The van der Waals surface area contributed by atoms with E-state index in [1.807, 2.05) is 74.5 Å². The molecule has 18 atom stereocenters. The van der Waals surface area contributed by atoms with Gasteiger partial charge in [0.05, 0.1) is 60.4 Å². The highest BCUT2D eigenvalue weighted by Gasteiger charge is 2.63. The summed E-state index contributed by atoms with van der Waals surface area (Å²) in [5, 5.41) is 36.0. The van der Waals surface area contributed by atoms with Gasteiger partial charge in [0.1, 0.15) is 11.8 Å². The van der Waals surface area contributed by atoms with Crippen LogP contribution in [0.15, 0.2) is 12.2 Å². The van der Waals surface area contributed by atoms with Gasteiger partial charge >= 0.3 is 12.1 Å². The van der Waals surface area contributed by atoms with Gasteiger partial charge in [0.15, 0.2) is 11.6 Å². The maximum absolute atomic E-state index is 14.7. The van der Waals surface area contributed by atoms with E-state index in [1.54, 1.807) is 6.92 Å². The van der Waals surface area contributed by atoms with E-state index in [4.69, 9.17) is 28.4 Å². The lowest BCUT2D eigenvalue weighted by atomic mass is 9.72. The number of nitrogens with one attached hydrogen (secondary N) is 1. The van der Waals surface area contributed by atoms with Crippen molar-refractivity contribution in [2.45, 2.75) is 220 Å². The zero-order valence-corrected chi connectivity index (χ0v) is 39.5. The van der Waals surface area contributed by atoms with Gasteiger partial charge in [0, 0.05) is 30.1 Å². The van der Waals surface area contributed by atoms with Crippen molar-refractivity contribution in [3.63, 3.8) is 0 Å². The first-order valence-electron chi connectivity index (χ1n) is 23.6. The molecule has 0 aromatic heterocycles. The van der Waals surface area contributed by atoms with Crippen LogP contribution in [0.25, 0.3) is 0 Å². The van der Waals surface area contributed by atoms with E-state index in [2.05, 4.69) is 26.1 Å². The number of ether oxygens (including phenoxy) is 6. The zero-order chi connectivity index (χ0) is 45.5. The molecule has 0 unspecified atom stereocenters. The number of ketones is 1. The number of carbonyl (C=O) groups is 3. The molecule has 2 spiro atoms. The molecule has 13 nitrogen and oxygen atoms in total. The second-order valence-corrected chi connectivity index (χ2v) is 21.2. The van der Waals surface area contributed by atoms with Gasteiger partial charge in [-0.1, -0.05) is 82.2 Å². The van der Waals surface area contributed by atoms with E-state index in [-0.39, 0.29) is 41.7 Å². The van der Waals surface area contributed by atoms with Crippen LogP contribution in [0.1, 0.15) is 154 Å². The number of carboxylic acid groups (broad SMARTS) is 1. The van der Waals surface area contributed by atoms with E-state index in [0.29, 0.717) is 57.8 Å². The van der Waals surface area contributed by atoms with Crippen LogP contribution in [0.4, 0.5) is 4.79 Å². The number of aliphatic hydroxyl groups is 2. The Hall–Kier alpha value is -2.13. The molecule has 4 fully saturated rings. The van der Waals surface area contributed by atoms with Gasteiger partial charge in [0.25, 0.3) is 0 Å². The Balaban J connectivity index is 1.39. The number of hydrogen-bond acceptors (Lipinski definition) is 11. The first-order chi connectivity index (χ1) is 28.4. The Kier molecular flexibility index (Phi) is 15.7. The van der Waals surface area contributed by atoms with E-state index in [1.165, 1.54) is 0 Å². The van der Waals surface area contributed by atoms with Gasteiger partial charge in [-0.15, -0.1) is 0 Å². The maximum Gasteiger partial charge on any atom is 0.407 e. The molecular formula is C48H81NO12. The minimum atomic E-state index is -1.37. The summed E-state index contributed by atoms with van der Waals surface area (Å²) in [6, 6.07) is -0.734. The van der Waals surface area contributed by atoms with Gasteiger partial charge in [0.2, 0.25) is 0 Å². The predicted octanol–water partition coefficient (Wildman–Crippen LogP) is 7.97. The van der Waals surface area contributed by atoms with Crippen LogP contribution < -0.4 is 5.32 Å². The molecule has 4 saturated heterocycles. The molecule has 0 aliphatic carbocycles. The fourth-order valence-corrected chi connectivity index (χ4v) is 11.1. The highest BCUT2D eigenvalue weighted by Crippen LogP contribution is 2.54. The lowest BCUT2D eigenvalue weighted by molar-refractivity contribution is -0.398. The zero-order valence-electron chi connectivity index (χ0n) is 39.5. The molecule has 0 saturated carbocycles. The topological polar surface area (TPSA) is 179 Å². The van der Waals surface area contributed by atoms with Crippen molar-refractivity contribution in [3.8, 4) is 0 Å². The van der Waals surface area contributed by atoms with Crippen molar-refractivity contribution in [2.75, 3.05) is 6.61 Å². The molecule has 0 aromatic rings. The molecule has 5 aliphatic heterocycles. The summed E-state index contributed by atoms with van der Waals surface area (Å²) in [6.07, 6.45) is 5.78. The summed E-state index contributed by atoms with van der Waals surface area (Å²) in [5.41, 5.74) is -1.97. The minimum absolute atomic E-state index is 0.0267. The number of carbonyl (C=O) groups excluding carboxylic acids is 2. The molecule has 350 valence electrons. The first kappa shape index (κ1) is 49.9. The van der Waals surface area contributed by atoms with Crippen molar-refractivity contribution < 1.29 is 58.1 Å². The highest BCUT2D eigenvalue weighted by atomic mass is 16.8. The minimum Gasteiger partial charge on any atom is -0.481 e. The summed E-state index contributed by atoms with van der Waals surface area (Å²) < 4.78 is 40.1. The van der Waals surface area contributed by atoms with Crippen LogP contribution in [0.5, 0.6) is 0 Å². The fourth-order valence-electron chi connectivity index (χ4n) is 11.1. The quantitative estimate of drug-likeness (QED) is 0.124. The van der Waals surface area contributed by atoms with Crippen molar-refractivity contribution in [2.24, 2.45) is 46.8 Å². The van der Waals surface area contributed by atoms with E-state index in [0.717, 1.165) is 6.42 Å². The Morgan fingerprint density at radius 1 is 0.902 bits per heavy atom. The Bertz CT molecular complexity index is 1570. The molecule has 0 bridgehead atoms. The number of Topliss-reactive ketones (excluding diaryl/α,β-unsaturated/α-hetero) is 1. The second-order valence-electron chi connectivity index (χ2n) is 21.2. The number of aliphatic hydroxyl groups excluding tert-OH is 1. The Morgan fingerprint density at radius 3 is 2.16 bits per heavy atom. The SMILES string of the molecule is CC[C@@H](C(=O)[C@@H](C)[C@@H](O)[C@H](C)[C@@H]1O[C@@H]([C@@H](CC)C(=O)O)CC[C@@H]1C)[C@H]1O[C@]2(C=C[C@@H](NC(=O)OCC(C)(C)C)[C@]3(CC[C@@](C)([C@H]4CC[C@](O)(CC)[C@H](C)O4)O3)O2)[C@H](C)C[C@@H]1C. The van der Waals surface area contributed by atoms with Crippen LogP contribution in [0, 0.1) is 46.8 Å². The van der Waals surface area contributed by atoms with Crippen LogP contribution in [-0.2, 0) is 38.0 Å². The molecule has 13 heteroatoms. The van der Waals surface area contributed by atoms with Gasteiger partial charge in [-0.3, -0.25) is 9.59 Å². The molecule has 4 N–H and O–H groups in total. The van der Waals surface area contributed by atoms with Gasteiger partial charge in [-0.2, -0.15) is 0 Å². The van der Waals surface area contributed by atoms with Gasteiger partial charge in [-0.25, -0.2) is 4.79 Å². The van der Waals surface area contributed by atoms with E-state index >= 15 is 0 Å². The average Bonchev–Trinajstić information content (AvgIpc) is 3.54. The molecule has 5 aliphatic rings. The predicted molar refractivity (Wildman–Crippen MR) is 230 cm³/mol. The molecule has 0 aromatic carbocycles. The summed E-state index contributed by atoms with van der Waals surface area (Å²) >= 11 is 0. The monoisotopic (exact) mass is 864 g/mol. The lowest BCUT2D eigenvalue weighted by Gasteiger charge is -2.55. The van der Waals surface area contributed by atoms with Gasteiger partial charge < -0.3 is 49.1 Å². The number of amides is 1. The smallest absolute Gasteiger partial charge is 0.407 e. The number of alkyl carbamates (subject to hydrolysis) is 1. The number of hydrogen-bond donors (Lipinski definition) is 4. The Morgan fingerprint density at radius 2 is 1.57 bits per heavy atom. The third kappa shape index (κ3) is 10.4. The number of carboxylic acids is 1. The summed E-state index contributed by atoms with van der Waals surface area (Å²) in [4.78, 5) is 40.0. The van der Waals surface area contributed by atoms with Crippen molar-refractivity contribution in [3.05, 3.63) is 12.2 Å². The summed E-state index contributed by atoms with van der Waals surface area (Å²) in [7, 11) is 0. The molecule has 0 radical (unpaired) electrons. The molecule has 5 rings (SSSR count). The Labute approximate surface area is 365 Å². The van der Waals surface area contributed by atoms with Crippen molar-refractivity contribution >= 4 is 17.8 Å². The van der Waals surface area contributed by atoms with E-state index in [9.17, 15) is 29.7 Å². The van der Waals surface area contributed by atoms with Crippen LogP contribution in [0.2, 0.25) is 0 Å². The molecule has 1 amide bonds. The normalized spacial score (nSPS) is 41.8.